The van der Waals surface area contributed by atoms with Crippen LogP contribution in [0, 0.1) is 6.92 Å². The average molecular weight is 263 g/mol. The Kier molecular flexibility index (Phi) is 4.18. The molecule has 0 saturated heterocycles. The van der Waals surface area contributed by atoms with E-state index in [0.29, 0.717) is 10.9 Å². The predicted molar refractivity (Wildman–Crippen MR) is 73.3 cm³/mol. The third kappa shape index (κ3) is 3.22. The lowest BCUT2D eigenvalue weighted by Crippen LogP contribution is -2.05. The zero-order valence-corrected chi connectivity index (χ0v) is 11.2. The van der Waals surface area contributed by atoms with Gasteiger partial charge in [0.1, 0.15) is 10.8 Å². The van der Waals surface area contributed by atoms with Gasteiger partial charge in [0, 0.05) is 12.7 Å². The minimum absolute atomic E-state index is 0.433. The number of pyridine rings is 1. The predicted octanol–water partition coefficient (Wildman–Crippen LogP) is 3.56. The van der Waals surface area contributed by atoms with Gasteiger partial charge in [0.2, 0.25) is 5.88 Å². The molecule has 1 N–H and O–H groups in total. The average Bonchev–Trinajstić information content (AvgIpc) is 2.33. The summed E-state index contributed by atoms with van der Waals surface area (Å²) in [5.41, 5.74) is 2.16. The van der Waals surface area contributed by atoms with Crippen molar-refractivity contribution in [3.8, 4) is 11.6 Å². The van der Waals surface area contributed by atoms with E-state index in [1.54, 1.807) is 6.20 Å². The molecule has 2 aromatic rings. The molecule has 94 valence electrons. The van der Waals surface area contributed by atoms with Crippen molar-refractivity contribution in [1.29, 1.82) is 0 Å². The highest BCUT2D eigenvalue weighted by atomic mass is 35.5. The van der Waals surface area contributed by atoms with Gasteiger partial charge in [0.25, 0.3) is 0 Å². The first-order chi connectivity index (χ1) is 8.69. The molecule has 2 rings (SSSR count). The SMILES string of the molecule is CNCc1cnc(Oc2cccc(C)c2)c(Cl)c1. The molecule has 0 aliphatic rings. The summed E-state index contributed by atoms with van der Waals surface area (Å²) < 4.78 is 5.66. The second-order valence-electron chi connectivity index (χ2n) is 4.08. The smallest absolute Gasteiger partial charge is 0.238 e. The Morgan fingerprint density at radius 3 is 2.83 bits per heavy atom. The zero-order valence-electron chi connectivity index (χ0n) is 10.4. The van der Waals surface area contributed by atoms with Gasteiger partial charge in [-0.1, -0.05) is 23.7 Å². The Balaban J connectivity index is 2.19. The first-order valence-electron chi connectivity index (χ1n) is 5.72. The molecule has 1 aromatic carbocycles. The molecule has 0 amide bonds. The second-order valence-corrected chi connectivity index (χ2v) is 4.49. The molecular formula is C14H15ClN2O. The molecule has 0 unspecified atom stereocenters. The van der Waals surface area contributed by atoms with Gasteiger partial charge < -0.3 is 10.1 Å². The summed E-state index contributed by atoms with van der Waals surface area (Å²) in [6, 6.07) is 9.63. The van der Waals surface area contributed by atoms with Gasteiger partial charge >= 0.3 is 0 Å². The Hall–Kier alpha value is -1.58. The Labute approximate surface area is 112 Å². The minimum atomic E-state index is 0.433. The Morgan fingerprint density at radius 1 is 1.33 bits per heavy atom. The van der Waals surface area contributed by atoms with E-state index < -0.39 is 0 Å². The van der Waals surface area contributed by atoms with Crippen molar-refractivity contribution in [2.45, 2.75) is 13.5 Å². The lowest BCUT2D eigenvalue weighted by Gasteiger charge is -2.08. The molecule has 0 atom stereocenters. The van der Waals surface area contributed by atoms with Crippen LogP contribution in [-0.2, 0) is 6.54 Å². The van der Waals surface area contributed by atoms with E-state index >= 15 is 0 Å². The van der Waals surface area contributed by atoms with Crippen LogP contribution >= 0.6 is 11.6 Å². The van der Waals surface area contributed by atoms with Gasteiger partial charge in [-0.2, -0.15) is 0 Å². The van der Waals surface area contributed by atoms with Crippen LogP contribution in [0.5, 0.6) is 11.6 Å². The third-order valence-electron chi connectivity index (χ3n) is 2.45. The summed E-state index contributed by atoms with van der Waals surface area (Å²) in [7, 11) is 1.88. The van der Waals surface area contributed by atoms with Crippen LogP contribution in [0.1, 0.15) is 11.1 Å². The lowest BCUT2D eigenvalue weighted by atomic mass is 10.2. The number of hydrogen-bond donors (Lipinski definition) is 1. The highest BCUT2D eigenvalue weighted by molar-refractivity contribution is 6.31. The molecular weight excluding hydrogens is 248 g/mol. The van der Waals surface area contributed by atoms with Crippen LogP contribution in [0.2, 0.25) is 5.02 Å². The fourth-order valence-electron chi connectivity index (χ4n) is 1.63. The minimum Gasteiger partial charge on any atom is -0.438 e. The molecule has 0 radical (unpaired) electrons. The number of hydrogen-bond acceptors (Lipinski definition) is 3. The maximum Gasteiger partial charge on any atom is 0.238 e. The Bertz CT molecular complexity index is 543. The van der Waals surface area contributed by atoms with E-state index in [9.17, 15) is 0 Å². The monoisotopic (exact) mass is 262 g/mol. The van der Waals surface area contributed by atoms with Crippen LogP contribution in [-0.4, -0.2) is 12.0 Å². The standard InChI is InChI=1S/C14H15ClN2O/c1-10-4-3-5-12(6-10)18-14-13(15)7-11(8-16-2)9-17-14/h3-7,9,16H,8H2,1-2H3. The summed E-state index contributed by atoms with van der Waals surface area (Å²) in [4.78, 5) is 4.23. The van der Waals surface area contributed by atoms with Crippen molar-refractivity contribution in [3.05, 3.63) is 52.7 Å². The Morgan fingerprint density at radius 2 is 2.17 bits per heavy atom. The molecule has 0 spiro atoms. The van der Waals surface area contributed by atoms with Gasteiger partial charge in [-0.15, -0.1) is 0 Å². The number of aryl methyl sites for hydroxylation is 1. The number of nitrogens with zero attached hydrogens (tertiary/aromatic N) is 1. The maximum absolute atomic E-state index is 6.14. The number of ether oxygens (including phenoxy) is 1. The van der Waals surface area contributed by atoms with E-state index in [2.05, 4.69) is 10.3 Å². The summed E-state index contributed by atoms with van der Waals surface area (Å²) in [5.74, 6) is 1.17. The highest BCUT2D eigenvalue weighted by Crippen LogP contribution is 2.27. The largest absolute Gasteiger partial charge is 0.438 e. The zero-order chi connectivity index (χ0) is 13.0. The van der Waals surface area contributed by atoms with Gasteiger partial charge in [-0.05, 0) is 43.3 Å². The first kappa shape index (κ1) is 12.9. The van der Waals surface area contributed by atoms with Crippen LogP contribution in [0.3, 0.4) is 0 Å². The van der Waals surface area contributed by atoms with Crippen molar-refractivity contribution in [2.75, 3.05) is 7.05 Å². The van der Waals surface area contributed by atoms with Gasteiger partial charge in [0.15, 0.2) is 0 Å². The molecule has 0 aliphatic heterocycles. The third-order valence-corrected chi connectivity index (χ3v) is 2.72. The highest BCUT2D eigenvalue weighted by Gasteiger charge is 2.06. The van der Waals surface area contributed by atoms with Crippen LogP contribution in [0.4, 0.5) is 0 Å². The second kappa shape index (κ2) is 5.85. The van der Waals surface area contributed by atoms with E-state index in [0.717, 1.165) is 23.4 Å². The maximum atomic E-state index is 6.14. The number of halogens is 1. The number of aromatic nitrogens is 1. The van der Waals surface area contributed by atoms with Gasteiger partial charge in [-0.3, -0.25) is 0 Å². The van der Waals surface area contributed by atoms with Crippen molar-refractivity contribution < 1.29 is 4.74 Å². The normalized spacial score (nSPS) is 10.4. The van der Waals surface area contributed by atoms with Crippen LogP contribution in [0.15, 0.2) is 36.5 Å². The van der Waals surface area contributed by atoms with E-state index in [1.165, 1.54) is 0 Å². The summed E-state index contributed by atoms with van der Waals surface area (Å²) in [5, 5.41) is 3.57. The molecule has 0 fully saturated rings. The van der Waals surface area contributed by atoms with Gasteiger partial charge in [-0.25, -0.2) is 4.98 Å². The molecule has 0 bridgehead atoms. The molecule has 4 heteroatoms. The van der Waals surface area contributed by atoms with E-state index in [1.807, 2.05) is 44.3 Å². The van der Waals surface area contributed by atoms with E-state index in [4.69, 9.17) is 16.3 Å². The van der Waals surface area contributed by atoms with Crippen LogP contribution in [0.25, 0.3) is 0 Å². The molecule has 1 heterocycles. The quantitative estimate of drug-likeness (QED) is 0.915. The van der Waals surface area contributed by atoms with E-state index in [-0.39, 0.29) is 0 Å². The molecule has 1 aromatic heterocycles. The van der Waals surface area contributed by atoms with Gasteiger partial charge in [0.05, 0.1) is 0 Å². The van der Waals surface area contributed by atoms with Crippen molar-refractivity contribution in [1.82, 2.24) is 10.3 Å². The van der Waals surface area contributed by atoms with Crippen LogP contribution < -0.4 is 10.1 Å². The molecule has 3 nitrogen and oxygen atoms in total. The lowest BCUT2D eigenvalue weighted by molar-refractivity contribution is 0.462. The molecule has 18 heavy (non-hydrogen) atoms. The topological polar surface area (TPSA) is 34.2 Å². The number of benzene rings is 1. The molecule has 0 saturated carbocycles. The van der Waals surface area contributed by atoms with Crippen molar-refractivity contribution in [2.24, 2.45) is 0 Å². The molecule has 0 aliphatic carbocycles. The summed E-state index contributed by atoms with van der Waals surface area (Å²) >= 11 is 6.14. The fourth-order valence-corrected chi connectivity index (χ4v) is 1.86. The van der Waals surface area contributed by atoms with Crippen molar-refractivity contribution >= 4 is 11.6 Å². The number of rotatable bonds is 4. The van der Waals surface area contributed by atoms with Crippen molar-refractivity contribution in [3.63, 3.8) is 0 Å². The first-order valence-corrected chi connectivity index (χ1v) is 6.10. The summed E-state index contributed by atoms with van der Waals surface area (Å²) in [6.07, 6.45) is 1.76. The fraction of sp³-hybridized carbons (Fsp3) is 0.214. The summed E-state index contributed by atoms with van der Waals surface area (Å²) in [6.45, 7) is 2.75. The number of nitrogens with one attached hydrogen (secondary N) is 1.